The fourth-order valence-corrected chi connectivity index (χ4v) is 5.11. The van der Waals surface area contributed by atoms with Gasteiger partial charge < -0.3 is 14.5 Å². The molecule has 3 aliphatic rings. The van der Waals surface area contributed by atoms with Gasteiger partial charge in [-0.05, 0) is 44.7 Å². The molecule has 27 heavy (non-hydrogen) atoms. The van der Waals surface area contributed by atoms with Crippen molar-refractivity contribution in [1.82, 2.24) is 9.80 Å². The topological polar surface area (TPSA) is 59.8 Å². The normalized spacial score (nSPS) is 28.1. The minimum Gasteiger partial charge on any atom is -0.450 e. The molecule has 0 aromatic heterocycles. The summed E-state index contributed by atoms with van der Waals surface area (Å²) in [6, 6.07) is 11.4. The Kier molecular flexibility index (Phi) is 5.22. The Morgan fingerprint density at radius 3 is 2.41 bits per heavy atom. The molecule has 0 saturated carbocycles. The van der Waals surface area contributed by atoms with Crippen LogP contribution in [-0.4, -0.2) is 66.8 Å². The molecule has 3 aliphatic heterocycles. The molecule has 0 N–H and O–H groups in total. The quantitative estimate of drug-likeness (QED) is 0.821. The minimum absolute atomic E-state index is 0.124. The van der Waals surface area contributed by atoms with Crippen LogP contribution >= 0.6 is 0 Å². The van der Waals surface area contributed by atoms with E-state index in [1.54, 1.807) is 0 Å². The number of amides is 1. The zero-order valence-electron chi connectivity index (χ0n) is 16.0. The zero-order valence-corrected chi connectivity index (χ0v) is 16.0. The number of benzene rings is 1. The van der Waals surface area contributed by atoms with Crippen LogP contribution in [0.25, 0.3) is 0 Å². The van der Waals surface area contributed by atoms with Crippen LogP contribution in [0.15, 0.2) is 24.3 Å². The number of piperazine rings is 1. The number of para-hydroxylation sites is 1. The lowest BCUT2D eigenvalue weighted by Crippen LogP contribution is -2.56. The summed E-state index contributed by atoms with van der Waals surface area (Å²) in [6.45, 7) is 6.26. The van der Waals surface area contributed by atoms with E-state index in [1.807, 2.05) is 36.1 Å². The Morgan fingerprint density at radius 1 is 1.11 bits per heavy atom. The second-order valence-electron chi connectivity index (χ2n) is 7.77. The maximum atomic E-state index is 12.3. The van der Waals surface area contributed by atoms with Gasteiger partial charge in [-0.25, -0.2) is 4.79 Å². The number of fused-ring (bicyclic) bond motifs is 2. The van der Waals surface area contributed by atoms with Crippen LogP contribution in [0.1, 0.15) is 38.2 Å². The van der Waals surface area contributed by atoms with Gasteiger partial charge in [0, 0.05) is 44.3 Å². The first-order valence-electron chi connectivity index (χ1n) is 10.1. The minimum atomic E-state index is -0.124. The fourth-order valence-electron chi connectivity index (χ4n) is 5.11. The maximum absolute atomic E-state index is 12.3. The van der Waals surface area contributed by atoms with Gasteiger partial charge in [0.1, 0.15) is 6.07 Å². The number of ether oxygens (including phenoxy) is 1. The van der Waals surface area contributed by atoms with Crippen LogP contribution in [0.2, 0.25) is 0 Å². The van der Waals surface area contributed by atoms with E-state index >= 15 is 0 Å². The summed E-state index contributed by atoms with van der Waals surface area (Å²) >= 11 is 0. The lowest BCUT2D eigenvalue weighted by molar-refractivity contribution is 0.0396. The molecular formula is C21H28N4O2. The Hall–Kier alpha value is -2.26. The Labute approximate surface area is 161 Å². The Morgan fingerprint density at radius 2 is 1.78 bits per heavy atom. The summed E-state index contributed by atoms with van der Waals surface area (Å²) in [7, 11) is 0. The van der Waals surface area contributed by atoms with Crippen LogP contribution < -0.4 is 4.90 Å². The van der Waals surface area contributed by atoms with Crippen molar-refractivity contribution < 1.29 is 9.53 Å². The molecule has 3 heterocycles. The van der Waals surface area contributed by atoms with Gasteiger partial charge in [0.15, 0.2) is 0 Å². The number of piperidine rings is 1. The van der Waals surface area contributed by atoms with Gasteiger partial charge in [0.2, 0.25) is 0 Å². The predicted octanol–water partition coefficient (Wildman–Crippen LogP) is 2.83. The summed E-state index contributed by atoms with van der Waals surface area (Å²) in [4.78, 5) is 19.2. The maximum Gasteiger partial charge on any atom is 0.410 e. The number of anilines is 1. The molecular weight excluding hydrogens is 340 g/mol. The highest BCUT2D eigenvalue weighted by Gasteiger charge is 2.45. The van der Waals surface area contributed by atoms with E-state index in [1.165, 1.54) is 0 Å². The highest BCUT2D eigenvalue weighted by Crippen LogP contribution is 2.38. The van der Waals surface area contributed by atoms with E-state index in [4.69, 9.17) is 4.74 Å². The van der Waals surface area contributed by atoms with Gasteiger partial charge in [0.05, 0.1) is 17.9 Å². The molecule has 6 heteroatoms. The van der Waals surface area contributed by atoms with E-state index in [2.05, 4.69) is 15.9 Å². The zero-order chi connectivity index (χ0) is 18.8. The van der Waals surface area contributed by atoms with Gasteiger partial charge in [0.25, 0.3) is 0 Å². The van der Waals surface area contributed by atoms with Crippen LogP contribution in [-0.2, 0) is 4.74 Å². The molecule has 2 bridgehead atoms. The Balaban J connectivity index is 1.36. The SMILES string of the molecule is CCOC(=O)N1C2CCC1CC(N1CCN(c3ccccc3C#N)CC1)C2. The first kappa shape index (κ1) is 18.1. The predicted molar refractivity (Wildman–Crippen MR) is 104 cm³/mol. The molecule has 0 aliphatic carbocycles. The van der Waals surface area contributed by atoms with Crippen LogP contribution in [0, 0.1) is 11.3 Å². The number of nitriles is 1. The standard InChI is InChI=1S/C21H28N4O2/c1-2-27-21(26)25-17-7-8-18(25)14-19(13-17)23-9-11-24(12-10-23)20-6-4-3-5-16(20)15-22/h3-6,17-19H,2,7-14H2,1H3. The van der Waals surface area contributed by atoms with Gasteiger partial charge in [-0.2, -0.15) is 5.26 Å². The molecule has 0 spiro atoms. The summed E-state index contributed by atoms with van der Waals surface area (Å²) in [5.41, 5.74) is 1.81. The lowest BCUT2D eigenvalue weighted by atomic mass is 9.95. The van der Waals surface area contributed by atoms with Crippen LogP contribution in [0.3, 0.4) is 0 Å². The van der Waals surface area contributed by atoms with Crippen molar-refractivity contribution in [1.29, 1.82) is 5.26 Å². The number of nitrogens with zero attached hydrogens (tertiary/aromatic N) is 4. The second kappa shape index (κ2) is 7.77. The van der Waals surface area contributed by atoms with Crippen molar-refractivity contribution >= 4 is 11.8 Å². The third kappa shape index (κ3) is 3.49. The molecule has 6 nitrogen and oxygen atoms in total. The molecule has 1 aromatic rings. The number of rotatable bonds is 3. The van der Waals surface area contributed by atoms with Crippen molar-refractivity contribution in [3.05, 3.63) is 29.8 Å². The molecule has 144 valence electrons. The monoisotopic (exact) mass is 368 g/mol. The average Bonchev–Trinajstić information content (AvgIpc) is 2.98. The van der Waals surface area contributed by atoms with E-state index in [0.29, 0.717) is 24.7 Å². The van der Waals surface area contributed by atoms with E-state index in [-0.39, 0.29) is 6.09 Å². The summed E-state index contributed by atoms with van der Waals surface area (Å²) in [5.74, 6) is 0. The Bertz CT molecular complexity index is 709. The van der Waals surface area contributed by atoms with Crippen molar-refractivity contribution in [2.75, 3.05) is 37.7 Å². The molecule has 3 fully saturated rings. The van der Waals surface area contributed by atoms with E-state index in [9.17, 15) is 10.1 Å². The molecule has 1 amide bonds. The number of carbonyl (C=O) groups is 1. The number of hydrogen-bond acceptors (Lipinski definition) is 5. The third-order valence-corrected chi connectivity index (χ3v) is 6.38. The lowest BCUT2D eigenvalue weighted by Gasteiger charge is -2.46. The van der Waals surface area contributed by atoms with Gasteiger partial charge in [-0.3, -0.25) is 4.90 Å². The van der Waals surface area contributed by atoms with E-state index < -0.39 is 0 Å². The van der Waals surface area contributed by atoms with Crippen molar-refractivity contribution in [2.24, 2.45) is 0 Å². The average molecular weight is 368 g/mol. The molecule has 2 unspecified atom stereocenters. The van der Waals surface area contributed by atoms with Crippen molar-refractivity contribution in [3.63, 3.8) is 0 Å². The first-order valence-corrected chi connectivity index (χ1v) is 10.1. The molecule has 4 rings (SSSR count). The van der Waals surface area contributed by atoms with Gasteiger partial charge >= 0.3 is 6.09 Å². The molecule has 2 atom stereocenters. The summed E-state index contributed by atoms with van der Waals surface area (Å²) < 4.78 is 5.27. The molecule has 3 saturated heterocycles. The smallest absolute Gasteiger partial charge is 0.410 e. The van der Waals surface area contributed by atoms with Crippen molar-refractivity contribution in [2.45, 2.75) is 50.7 Å². The van der Waals surface area contributed by atoms with E-state index in [0.717, 1.165) is 63.1 Å². The first-order chi connectivity index (χ1) is 13.2. The molecule has 1 aromatic carbocycles. The summed E-state index contributed by atoms with van der Waals surface area (Å²) in [5, 5.41) is 9.35. The van der Waals surface area contributed by atoms with Gasteiger partial charge in [-0.1, -0.05) is 12.1 Å². The number of hydrogen-bond donors (Lipinski definition) is 0. The highest BCUT2D eigenvalue weighted by molar-refractivity contribution is 5.69. The largest absolute Gasteiger partial charge is 0.450 e. The number of carbonyl (C=O) groups excluding carboxylic acids is 1. The highest BCUT2D eigenvalue weighted by atomic mass is 16.6. The van der Waals surface area contributed by atoms with Crippen LogP contribution in [0.5, 0.6) is 0 Å². The van der Waals surface area contributed by atoms with Gasteiger partial charge in [-0.15, -0.1) is 0 Å². The molecule has 0 radical (unpaired) electrons. The third-order valence-electron chi connectivity index (χ3n) is 6.38. The summed E-state index contributed by atoms with van der Waals surface area (Å²) in [6.07, 6.45) is 4.21. The second-order valence-corrected chi connectivity index (χ2v) is 7.77. The van der Waals surface area contributed by atoms with Crippen LogP contribution in [0.4, 0.5) is 10.5 Å². The fraction of sp³-hybridized carbons (Fsp3) is 0.619. The van der Waals surface area contributed by atoms with Crippen molar-refractivity contribution in [3.8, 4) is 6.07 Å².